The van der Waals surface area contributed by atoms with Gasteiger partial charge in [0.15, 0.2) is 0 Å². The summed E-state index contributed by atoms with van der Waals surface area (Å²) in [6.45, 7) is 0.576. The molecule has 0 aliphatic carbocycles. The van der Waals surface area contributed by atoms with Gasteiger partial charge in [0.1, 0.15) is 6.42 Å². The fourth-order valence-electron chi connectivity index (χ4n) is 1.44. The zero-order valence-electron chi connectivity index (χ0n) is 10.5. The molecular weight excluding hydrogens is 298 g/mol. The zero-order valence-corrected chi connectivity index (χ0v) is 12.1. The Morgan fingerprint density at radius 2 is 2.11 bits per heavy atom. The maximum absolute atomic E-state index is 11.6. The molecule has 98 valence electrons. The van der Waals surface area contributed by atoms with Gasteiger partial charge in [-0.05, 0) is 24.1 Å². The van der Waals surface area contributed by atoms with Crippen LogP contribution in [0.15, 0.2) is 28.7 Å². The van der Waals surface area contributed by atoms with Gasteiger partial charge < -0.3 is 9.64 Å². The van der Waals surface area contributed by atoms with E-state index in [1.54, 1.807) is 7.05 Å². The molecule has 0 aliphatic rings. The number of likely N-dealkylation sites (N-methyl/N-ethyl adjacent to an activating group) is 1. The Morgan fingerprint density at radius 3 is 2.72 bits per heavy atom. The molecule has 0 atom stereocenters. The Labute approximate surface area is 115 Å². The van der Waals surface area contributed by atoms with Crippen molar-refractivity contribution in [3.8, 4) is 0 Å². The lowest BCUT2D eigenvalue weighted by Crippen LogP contribution is -2.30. The third-order valence-corrected chi connectivity index (χ3v) is 3.07. The summed E-state index contributed by atoms with van der Waals surface area (Å²) in [5, 5.41) is 0. The van der Waals surface area contributed by atoms with Crippen molar-refractivity contribution >= 4 is 27.8 Å². The lowest BCUT2D eigenvalue weighted by Gasteiger charge is -2.16. The maximum Gasteiger partial charge on any atom is 0.315 e. The first-order valence-corrected chi connectivity index (χ1v) is 6.37. The fraction of sp³-hybridized carbons (Fsp3) is 0.385. The average Bonchev–Trinajstić information content (AvgIpc) is 2.35. The van der Waals surface area contributed by atoms with E-state index in [1.165, 1.54) is 12.0 Å². The van der Waals surface area contributed by atoms with Gasteiger partial charge in [-0.3, -0.25) is 9.59 Å². The Bertz CT molecular complexity index is 434. The van der Waals surface area contributed by atoms with Crippen molar-refractivity contribution in [2.75, 3.05) is 20.7 Å². The van der Waals surface area contributed by atoms with E-state index in [1.807, 2.05) is 24.3 Å². The number of carbonyl (C=O) groups is 2. The van der Waals surface area contributed by atoms with Gasteiger partial charge >= 0.3 is 5.97 Å². The molecule has 0 bridgehead atoms. The van der Waals surface area contributed by atoms with Crippen molar-refractivity contribution in [3.05, 3.63) is 34.3 Å². The highest BCUT2D eigenvalue weighted by Crippen LogP contribution is 2.12. The molecule has 0 spiro atoms. The Balaban J connectivity index is 2.43. The highest BCUT2D eigenvalue weighted by molar-refractivity contribution is 9.10. The zero-order chi connectivity index (χ0) is 13.5. The second kappa shape index (κ2) is 7.16. The van der Waals surface area contributed by atoms with Crippen LogP contribution in [0.1, 0.15) is 12.0 Å². The number of esters is 1. The summed E-state index contributed by atoms with van der Waals surface area (Å²) in [4.78, 5) is 24.1. The lowest BCUT2D eigenvalue weighted by molar-refractivity contribution is -0.146. The monoisotopic (exact) mass is 313 g/mol. The molecule has 4 nitrogen and oxygen atoms in total. The minimum absolute atomic E-state index is 0.203. The first-order chi connectivity index (χ1) is 8.52. The number of carbonyl (C=O) groups excluding carboxylic acids is 2. The molecule has 18 heavy (non-hydrogen) atoms. The molecule has 5 heteroatoms. The summed E-state index contributed by atoms with van der Waals surface area (Å²) in [6, 6.07) is 7.92. The number of benzene rings is 1. The quantitative estimate of drug-likeness (QED) is 0.617. The Morgan fingerprint density at radius 1 is 1.39 bits per heavy atom. The molecular formula is C13H16BrNO3. The predicted octanol–water partition coefficient (Wildman–Crippen LogP) is 2.01. The van der Waals surface area contributed by atoms with Crippen LogP contribution in [0.3, 0.4) is 0 Å². The van der Waals surface area contributed by atoms with Crippen LogP contribution in [0.2, 0.25) is 0 Å². The molecule has 1 aromatic rings. The molecule has 0 aliphatic heterocycles. The van der Waals surface area contributed by atoms with Crippen molar-refractivity contribution in [2.24, 2.45) is 0 Å². The van der Waals surface area contributed by atoms with Crippen LogP contribution in [0.4, 0.5) is 0 Å². The van der Waals surface area contributed by atoms with E-state index in [0.717, 1.165) is 16.5 Å². The van der Waals surface area contributed by atoms with Crippen molar-refractivity contribution in [1.29, 1.82) is 0 Å². The van der Waals surface area contributed by atoms with E-state index in [9.17, 15) is 9.59 Å². The van der Waals surface area contributed by atoms with Crippen LogP contribution in [-0.2, 0) is 20.7 Å². The maximum atomic E-state index is 11.6. The second-order valence-corrected chi connectivity index (χ2v) is 4.86. The standard InChI is InChI=1S/C13H16BrNO3/c1-15(12(16)9-13(17)18-2)7-6-10-4-3-5-11(14)8-10/h3-5,8H,6-7,9H2,1-2H3. The van der Waals surface area contributed by atoms with Crippen molar-refractivity contribution in [3.63, 3.8) is 0 Å². The number of nitrogens with zero attached hydrogens (tertiary/aromatic N) is 1. The van der Waals surface area contributed by atoms with Crippen LogP contribution >= 0.6 is 15.9 Å². The molecule has 0 saturated carbocycles. The van der Waals surface area contributed by atoms with E-state index in [4.69, 9.17) is 0 Å². The number of halogens is 1. The summed E-state index contributed by atoms with van der Waals surface area (Å²) in [7, 11) is 2.96. The van der Waals surface area contributed by atoms with Gasteiger partial charge in [-0.1, -0.05) is 28.1 Å². The molecule has 0 heterocycles. The Hall–Kier alpha value is -1.36. The number of amides is 1. The first kappa shape index (κ1) is 14.7. The van der Waals surface area contributed by atoms with E-state index in [0.29, 0.717) is 6.54 Å². The van der Waals surface area contributed by atoms with E-state index in [-0.39, 0.29) is 12.3 Å². The molecule has 0 N–H and O–H groups in total. The van der Waals surface area contributed by atoms with E-state index < -0.39 is 5.97 Å². The largest absolute Gasteiger partial charge is 0.469 e. The van der Waals surface area contributed by atoms with E-state index in [2.05, 4.69) is 20.7 Å². The topological polar surface area (TPSA) is 46.6 Å². The van der Waals surface area contributed by atoms with Crippen LogP contribution in [-0.4, -0.2) is 37.5 Å². The minimum Gasteiger partial charge on any atom is -0.469 e. The van der Waals surface area contributed by atoms with Gasteiger partial charge in [0.25, 0.3) is 0 Å². The Kier molecular flexibility index (Phi) is 5.85. The summed E-state index contributed by atoms with van der Waals surface area (Å²) >= 11 is 3.40. The van der Waals surface area contributed by atoms with Gasteiger partial charge in [0, 0.05) is 18.1 Å². The fourth-order valence-corrected chi connectivity index (χ4v) is 1.89. The predicted molar refractivity (Wildman–Crippen MR) is 72.1 cm³/mol. The summed E-state index contributed by atoms with van der Waals surface area (Å²) in [5.74, 6) is -0.730. The summed E-state index contributed by atoms with van der Waals surface area (Å²) in [6.07, 6.45) is 0.550. The van der Waals surface area contributed by atoms with E-state index >= 15 is 0 Å². The number of rotatable bonds is 5. The van der Waals surface area contributed by atoms with Crippen LogP contribution in [0.5, 0.6) is 0 Å². The first-order valence-electron chi connectivity index (χ1n) is 5.58. The average molecular weight is 314 g/mol. The van der Waals surface area contributed by atoms with Crippen LogP contribution in [0, 0.1) is 0 Å². The smallest absolute Gasteiger partial charge is 0.315 e. The lowest BCUT2D eigenvalue weighted by atomic mass is 10.1. The number of methoxy groups -OCH3 is 1. The molecule has 1 aromatic carbocycles. The highest BCUT2D eigenvalue weighted by Gasteiger charge is 2.13. The summed E-state index contributed by atoms with van der Waals surface area (Å²) in [5.41, 5.74) is 1.14. The van der Waals surface area contributed by atoms with Crippen LogP contribution in [0.25, 0.3) is 0 Å². The third kappa shape index (κ3) is 4.87. The number of hydrogen-bond acceptors (Lipinski definition) is 3. The highest BCUT2D eigenvalue weighted by atomic mass is 79.9. The van der Waals surface area contributed by atoms with Crippen molar-refractivity contribution in [1.82, 2.24) is 4.90 Å². The molecule has 1 rings (SSSR count). The van der Waals surface area contributed by atoms with Crippen molar-refractivity contribution in [2.45, 2.75) is 12.8 Å². The molecule has 1 amide bonds. The van der Waals surface area contributed by atoms with Gasteiger partial charge in [0.05, 0.1) is 7.11 Å². The molecule has 0 fully saturated rings. The SMILES string of the molecule is COC(=O)CC(=O)N(C)CCc1cccc(Br)c1. The van der Waals surface area contributed by atoms with Gasteiger partial charge in [-0.25, -0.2) is 0 Å². The minimum atomic E-state index is -0.505. The van der Waals surface area contributed by atoms with Gasteiger partial charge in [-0.2, -0.15) is 0 Å². The molecule has 0 aromatic heterocycles. The molecule has 0 radical (unpaired) electrons. The molecule has 0 saturated heterocycles. The molecule has 0 unspecified atom stereocenters. The van der Waals surface area contributed by atoms with Gasteiger partial charge in [0.2, 0.25) is 5.91 Å². The normalized spacial score (nSPS) is 9.94. The second-order valence-electron chi connectivity index (χ2n) is 3.95. The summed E-state index contributed by atoms with van der Waals surface area (Å²) < 4.78 is 5.47. The number of ether oxygens (including phenoxy) is 1. The third-order valence-electron chi connectivity index (χ3n) is 2.57. The van der Waals surface area contributed by atoms with Gasteiger partial charge in [-0.15, -0.1) is 0 Å². The van der Waals surface area contributed by atoms with Crippen molar-refractivity contribution < 1.29 is 14.3 Å². The van der Waals surface area contributed by atoms with Crippen LogP contribution < -0.4 is 0 Å². The number of hydrogen-bond donors (Lipinski definition) is 0.